The fourth-order valence-electron chi connectivity index (χ4n) is 4.42. The van der Waals surface area contributed by atoms with E-state index in [0.717, 1.165) is 45.3 Å². The summed E-state index contributed by atoms with van der Waals surface area (Å²) in [6.45, 7) is 6.12. The predicted molar refractivity (Wildman–Crippen MR) is 145 cm³/mol. The lowest BCUT2D eigenvalue weighted by Crippen LogP contribution is -2.21. The van der Waals surface area contributed by atoms with Crippen LogP contribution in [0.2, 0.25) is 0 Å². The summed E-state index contributed by atoms with van der Waals surface area (Å²) in [7, 11) is 1.73. The highest BCUT2D eigenvalue weighted by atomic mass is 16.7. The molecule has 0 fully saturated rings. The first-order valence-corrected chi connectivity index (χ1v) is 14.9. The molecule has 0 aliphatic rings. The van der Waals surface area contributed by atoms with Gasteiger partial charge >= 0.3 is 0 Å². The molecule has 0 saturated heterocycles. The normalized spacial score (nSPS) is 13.1. The number of methoxy groups -OCH3 is 1. The Hall–Kier alpha value is -0.630. The van der Waals surface area contributed by atoms with Crippen LogP contribution in [0.4, 0.5) is 0 Å². The van der Waals surface area contributed by atoms with Crippen molar-refractivity contribution in [2.45, 2.75) is 167 Å². The van der Waals surface area contributed by atoms with E-state index in [-0.39, 0.29) is 12.4 Å². The third-order valence-corrected chi connectivity index (χ3v) is 6.72. The molecule has 0 aromatic heterocycles. The maximum Gasteiger partial charge on any atom is 0.157 e. The van der Waals surface area contributed by atoms with Gasteiger partial charge in [0.1, 0.15) is 0 Å². The van der Waals surface area contributed by atoms with Crippen LogP contribution in [0, 0.1) is 11.3 Å². The van der Waals surface area contributed by atoms with Gasteiger partial charge in [0.2, 0.25) is 0 Å². The second-order valence-corrected chi connectivity index (χ2v) is 9.96. The molecule has 0 saturated carbocycles. The van der Waals surface area contributed by atoms with Gasteiger partial charge < -0.3 is 14.2 Å². The summed E-state index contributed by atoms with van der Waals surface area (Å²) in [6, 6.07) is 2.27. The Balaban J connectivity index is 3.81. The lowest BCUT2D eigenvalue weighted by molar-refractivity contribution is -0.133. The van der Waals surface area contributed by atoms with Crippen molar-refractivity contribution in [1.82, 2.24) is 0 Å². The summed E-state index contributed by atoms with van der Waals surface area (Å²) in [5.41, 5.74) is 0. The quantitative estimate of drug-likeness (QED) is 0.0824. The van der Waals surface area contributed by atoms with Crippen LogP contribution in [-0.4, -0.2) is 32.7 Å². The van der Waals surface area contributed by atoms with Crippen molar-refractivity contribution < 1.29 is 14.2 Å². The van der Waals surface area contributed by atoms with Crippen LogP contribution in [0.25, 0.3) is 0 Å². The van der Waals surface area contributed by atoms with Gasteiger partial charge in [-0.1, -0.05) is 117 Å². The molecule has 0 N–H and O–H groups in total. The van der Waals surface area contributed by atoms with Gasteiger partial charge in [-0.15, -0.1) is 0 Å². The fraction of sp³-hybridized carbons (Fsp3) is 0.967. The fourth-order valence-corrected chi connectivity index (χ4v) is 4.42. The molecule has 0 amide bonds. The molecule has 0 aliphatic carbocycles. The Morgan fingerprint density at radius 1 is 0.559 bits per heavy atom. The molecule has 0 heterocycles. The van der Waals surface area contributed by atoms with Crippen molar-refractivity contribution in [2.75, 3.05) is 20.3 Å². The molecule has 4 nitrogen and oxygen atoms in total. The van der Waals surface area contributed by atoms with Gasteiger partial charge in [-0.05, 0) is 25.7 Å². The molecule has 0 rings (SSSR count). The lowest BCUT2D eigenvalue weighted by atomic mass is 10.1. The van der Waals surface area contributed by atoms with Gasteiger partial charge in [-0.2, -0.15) is 5.26 Å². The van der Waals surface area contributed by atoms with E-state index in [4.69, 9.17) is 19.5 Å². The van der Waals surface area contributed by atoms with Crippen molar-refractivity contribution in [3.05, 3.63) is 0 Å². The molecule has 2 atom stereocenters. The van der Waals surface area contributed by atoms with Gasteiger partial charge in [0.05, 0.1) is 12.2 Å². The van der Waals surface area contributed by atoms with Crippen LogP contribution in [0.3, 0.4) is 0 Å². The Kier molecular flexibility index (Phi) is 28.1. The molecule has 0 aromatic rings. The van der Waals surface area contributed by atoms with Gasteiger partial charge in [-0.3, -0.25) is 0 Å². The monoisotopic (exact) mass is 481 g/mol. The third kappa shape index (κ3) is 24.5. The molecule has 0 radical (unpaired) electrons. The Labute approximate surface area is 213 Å². The minimum Gasteiger partial charge on any atom is -0.378 e. The number of unbranched alkanes of at least 4 members (excludes halogenated alkanes) is 16. The minimum absolute atomic E-state index is 0.141. The number of hydrogen-bond acceptors (Lipinski definition) is 4. The maximum atomic E-state index is 8.99. The molecule has 0 spiro atoms. The van der Waals surface area contributed by atoms with E-state index in [2.05, 4.69) is 19.9 Å². The average molecular weight is 482 g/mol. The van der Waals surface area contributed by atoms with E-state index in [0.29, 0.717) is 6.42 Å². The minimum atomic E-state index is -0.157. The molecule has 0 aliphatic heterocycles. The standard InChI is InChI=1S/C30H59NO3/c1-4-6-8-10-12-14-16-18-20-27-33-29(23-22-26-31)24-25-30(32-3)34-28-21-19-17-15-13-11-9-7-5-2/h29-30H,4-25,27-28H2,1-3H3. The van der Waals surface area contributed by atoms with Crippen molar-refractivity contribution in [2.24, 2.45) is 0 Å². The zero-order chi connectivity index (χ0) is 25.0. The highest BCUT2D eigenvalue weighted by molar-refractivity contribution is 4.73. The topological polar surface area (TPSA) is 51.5 Å². The molecular weight excluding hydrogens is 422 g/mol. The van der Waals surface area contributed by atoms with Gasteiger partial charge in [0.25, 0.3) is 0 Å². The van der Waals surface area contributed by atoms with E-state index >= 15 is 0 Å². The van der Waals surface area contributed by atoms with Crippen molar-refractivity contribution >= 4 is 0 Å². The van der Waals surface area contributed by atoms with Gasteiger partial charge in [0, 0.05) is 33.2 Å². The molecule has 34 heavy (non-hydrogen) atoms. The Morgan fingerprint density at radius 2 is 1.00 bits per heavy atom. The zero-order valence-corrected chi connectivity index (χ0v) is 23.3. The molecule has 0 aromatic carbocycles. The summed E-state index contributed by atoms with van der Waals surface area (Å²) in [5, 5.41) is 8.99. The maximum absolute atomic E-state index is 8.99. The lowest BCUT2D eigenvalue weighted by Gasteiger charge is -2.21. The van der Waals surface area contributed by atoms with Gasteiger partial charge in [0.15, 0.2) is 6.29 Å². The van der Waals surface area contributed by atoms with Crippen LogP contribution >= 0.6 is 0 Å². The SMILES string of the molecule is CCCCCCCCCCCOC(CCC#N)CCC(OC)OCCCCCCCCCCC. The predicted octanol–water partition coefficient (Wildman–Crippen LogP) is 9.51. The van der Waals surface area contributed by atoms with Crippen LogP contribution in [0.15, 0.2) is 0 Å². The zero-order valence-electron chi connectivity index (χ0n) is 23.3. The molecule has 202 valence electrons. The first-order chi connectivity index (χ1) is 16.8. The summed E-state index contributed by atoms with van der Waals surface area (Å²) >= 11 is 0. The van der Waals surface area contributed by atoms with Crippen LogP contribution in [-0.2, 0) is 14.2 Å². The van der Waals surface area contributed by atoms with E-state index in [1.165, 1.54) is 103 Å². The largest absolute Gasteiger partial charge is 0.378 e. The van der Waals surface area contributed by atoms with E-state index < -0.39 is 0 Å². The number of hydrogen-bond donors (Lipinski definition) is 0. The summed E-state index contributed by atoms with van der Waals surface area (Å²) in [4.78, 5) is 0. The van der Waals surface area contributed by atoms with Crippen molar-refractivity contribution in [3.8, 4) is 6.07 Å². The Bertz CT molecular complexity index is 424. The average Bonchev–Trinajstić information content (AvgIpc) is 2.85. The van der Waals surface area contributed by atoms with Crippen molar-refractivity contribution in [3.63, 3.8) is 0 Å². The molecule has 0 bridgehead atoms. The number of ether oxygens (including phenoxy) is 3. The second kappa shape index (κ2) is 28.6. The highest BCUT2D eigenvalue weighted by Gasteiger charge is 2.14. The van der Waals surface area contributed by atoms with Crippen LogP contribution in [0.1, 0.15) is 155 Å². The summed E-state index contributed by atoms with van der Waals surface area (Å²) < 4.78 is 17.7. The first-order valence-electron chi connectivity index (χ1n) is 14.9. The number of nitriles is 1. The van der Waals surface area contributed by atoms with Crippen LogP contribution in [0.5, 0.6) is 0 Å². The van der Waals surface area contributed by atoms with E-state index in [1.807, 2.05) is 0 Å². The smallest absolute Gasteiger partial charge is 0.157 e. The number of nitrogens with zero attached hydrogens (tertiary/aromatic N) is 1. The second-order valence-electron chi connectivity index (χ2n) is 9.96. The first kappa shape index (κ1) is 33.4. The van der Waals surface area contributed by atoms with E-state index in [9.17, 15) is 0 Å². The van der Waals surface area contributed by atoms with E-state index in [1.54, 1.807) is 7.11 Å². The molecule has 2 unspecified atom stereocenters. The summed E-state index contributed by atoms with van der Waals surface area (Å²) in [6.07, 6.45) is 26.9. The molecule has 4 heteroatoms. The van der Waals surface area contributed by atoms with Crippen LogP contribution < -0.4 is 0 Å². The Morgan fingerprint density at radius 3 is 1.44 bits per heavy atom. The third-order valence-electron chi connectivity index (χ3n) is 6.72. The van der Waals surface area contributed by atoms with Crippen molar-refractivity contribution in [1.29, 1.82) is 5.26 Å². The highest BCUT2D eigenvalue weighted by Crippen LogP contribution is 2.16. The number of rotatable bonds is 28. The van der Waals surface area contributed by atoms with Gasteiger partial charge in [-0.25, -0.2) is 0 Å². The summed E-state index contributed by atoms with van der Waals surface area (Å²) in [5.74, 6) is 0. The molecular formula is C30H59NO3.